The molecule has 0 radical (unpaired) electrons. The van der Waals surface area contributed by atoms with E-state index in [-0.39, 0.29) is 0 Å². The zero-order chi connectivity index (χ0) is 23.8. The van der Waals surface area contributed by atoms with Crippen LogP contribution in [0.3, 0.4) is 0 Å². The molecule has 0 aromatic heterocycles. The van der Waals surface area contributed by atoms with E-state index in [1.54, 1.807) is 0 Å². The van der Waals surface area contributed by atoms with Crippen LogP contribution in [0.5, 0.6) is 5.75 Å². The van der Waals surface area contributed by atoms with Crippen LogP contribution in [0, 0.1) is 13.8 Å². The Morgan fingerprint density at radius 2 is 1.16 bits per heavy atom. The lowest BCUT2D eigenvalue weighted by Crippen LogP contribution is -2.14. The summed E-state index contributed by atoms with van der Waals surface area (Å²) in [5, 5.41) is 10.0. The predicted octanol–water partition coefficient (Wildman–Crippen LogP) is 8.99. The first-order chi connectivity index (χ1) is 15.5. The summed E-state index contributed by atoms with van der Waals surface area (Å²) in [4.78, 5) is 12.2. The Hall–Kier alpha value is -1.51. The van der Waals surface area contributed by atoms with Gasteiger partial charge in [0.25, 0.3) is 0 Å². The Morgan fingerprint density at radius 1 is 0.688 bits per heavy atom. The summed E-state index contributed by atoms with van der Waals surface area (Å²) >= 11 is 0. The molecular weight excluding hydrogens is 396 g/mol. The van der Waals surface area contributed by atoms with E-state index in [4.69, 9.17) is 4.74 Å². The zero-order valence-corrected chi connectivity index (χ0v) is 21.8. The van der Waals surface area contributed by atoms with Gasteiger partial charge in [0.2, 0.25) is 0 Å². The molecule has 0 bridgehead atoms. The van der Waals surface area contributed by atoms with E-state index in [9.17, 15) is 9.90 Å². The van der Waals surface area contributed by atoms with Gasteiger partial charge in [-0.15, -0.1) is 0 Å². The fourth-order valence-electron chi connectivity index (χ4n) is 4.83. The van der Waals surface area contributed by atoms with Crippen molar-refractivity contribution in [3.63, 3.8) is 0 Å². The number of ether oxygens (including phenoxy) is 1. The molecule has 0 unspecified atom stereocenters. The molecule has 0 heterocycles. The van der Waals surface area contributed by atoms with E-state index in [0.717, 1.165) is 60.3 Å². The number of rotatable bonds is 19. The van der Waals surface area contributed by atoms with E-state index in [2.05, 4.69) is 27.7 Å². The molecule has 0 aliphatic rings. The summed E-state index contributed by atoms with van der Waals surface area (Å²) in [6.45, 7) is 11.3. The molecule has 0 amide bonds. The van der Waals surface area contributed by atoms with Gasteiger partial charge in [-0.05, 0) is 61.8 Å². The van der Waals surface area contributed by atoms with Gasteiger partial charge in [-0.25, -0.2) is 4.79 Å². The predicted molar refractivity (Wildman–Crippen MR) is 137 cm³/mol. The first-order valence-electron chi connectivity index (χ1n) is 13.5. The first kappa shape index (κ1) is 28.5. The molecule has 32 heavy (non-hydrogen) atoms. The number of carboxylic acid groups (broad SMARTS) is 1. The molecule has 1 aromatic rings. The van der Waals surface area contributed by atoms with Gasteiger partial charge < -0.3 is 9.84 Å². The second-order valence-corrected chi connectivity index (χ2v) is 9.41. The largest absolute Gasteiger partial charge is 0.493 e. The van der Waals surface area contributed by atoms with E-state index < -0.39 is 5.97 Å². The fourth-order valence-corrected chi connectivity index (χ4v) is 4.83. The number of benzene rings is 1. The average Bonchev–Trinajstić information content (AvgIpc) is 2.77. The van der Waals surface area contributed by atoms with Crippen molar-refractivity contribution in [2.45, 2.75) is 137 Å². The molecule has 0 spiro atoms. The molecule has 1 aromatic carbocycles. The minimum absolute atomic E-state index is 0.539. The van der Waals surface area contributed by atoms with Gasteiger partial charge >= 0.3 is 5.97 Å². The molecule has 0 aliphatic heterocycles. The third kappa shape index (κ3) is 9.55. The van der Waals surface area contributed by atoms with E-state index >= 15 is 0 Å². The Bertz CT molecular complexity index is 663. The molecule has 0 saturated heterocycles. The number of unbranched alkanes of at least 4 members (excludes halogenated alkanes) is 12. The maximum atomic E-state index is 12.2. The third-order valence-corrected chi connectivity index (χ3v) is 6.78. The standard InChI is InChI=1S/C29H50O3/c1-6-9-11-13-14-15-16-17-18-19-21-26-24(5)28(32-22-20-12-10-7-2)23(4)25(8-3)27(26)29(30)31/h6-22H2,1-5H3,(H,30,31). The van der Waals surface area contributed by atoms with Crippen molar-refractivity contribution in [3.8, 4) is 5.75 Å². The summed E-state index contributed by atoms with van der Waals surface area (Å²) in [7, 11) is 0. The Labute approximate surface area is 198 Å². The van der Waals surface area contributed by atoms with Crippen LogP contribution in [-0.2, 0) is 12.8 Å². The summed E-state index contributed by atoms with van der Waals surface area (Å²) in [5.41, 5.74) is 4.56. The van der Waals surface area contributed by atoms with E-state index in [0.29, 0.717) is 5.56 Å². The SMILES string of the molecule is CCCCCCCCCCCCc1c(C)c(OCCCCCC)c(C)c(CC)c1C(=O)O. The smallest absolute Gasteiger partial charge is 0.336 e. The van der Waals surface area contributed by atoms with Crippen LogP contribution in [0.1, 0.15) is 143 Å². The van der Waals surface area contributed by atoms with E-state index in [1.165, 1.54) is 77.0 Å². The highest BCUT2D eigenvalue weighted by molar-refractivity contribution is 5.93. The minimum atomic E-state index is -0.787. The first-order valence-corrected chi connectivity index (χ1v) is 13.5. The Morgan fingerprint density at radius 3 is 1.66 bits per heavy atom. The van der Waals surface area contributed by atoms with Crippen molar-refractivity contribution < 1.29 is 14.6 Å². The second kappa shape index (κ2) is 17.0. The number of hydrogen-bond acceptors (Lipinski definition) is 2. The van der Waals surface area contributed by atoms with Crippen LogP contribution in [0.4, 0.5) is 0 Å². The lowest BCUT2D eigenvalue weighted by Gasteiger charge is -2.22. The molecular formula is C29H50O3. The molecule has 0 aliphatic carbocycles. The highest BCUT2D eigenvalue weighted by Crippen LogP contribution is 2.35. The van der Waals surface area contributed by atoms with Crippen LogP contribution in [0.15, 0.2) is 0 Å². The molecule has 3 nitrogen and oxygen atoms in total. The summed E-state index contributed by atoms with van der Waals surface area (Å²) in [6, 6.07) is 0. The molecule has 0 saturated carbocycles. The van der Waals surface area contributed by atoms with Crippen molar-refractivity contribution in [2.75, 3.05) is 6.61 Å². The lowest BCUT2D eigenvalue weighted by atomic mass is 9.87. The van der Waals surface area contributed by atoms with Gasteiger partial charge in [0.1, 0.15) is 5.75 Å². The lowest BCUT2D eigenvalue weighted by molar-refractivity contribution is 0.0694. The van der Waals surface area contributed by atoms with Crippen molar-refractivity contribution in [1.29, 1.82) is 0 Å². The van der Waals surface area contributed by atoms with Crippen molar-refractivity contribution in [2.24, 2.45) is 0 Å². The third-order valence-electron chi connectivity index (χ3n) is 6.78. The summed E-state index contributed by atoms with van der Waals surface area (Å²) in [5.74, 6) is 0.148. The maximum absolute atomic E-state index is 12.2. The fraction of sp³-hybridized carbons (Fsp3) is 0.759. The van der Waals surface area contributed by atoms with Crippen molar-refractivity contribution in [1.82, 2.24) is 0 Å². The maximum Gasteiger partial charge on any atom is 0.336 e. The van der Waals surface area contributed by atoms with Gasteiger partial charge in [-0.1, -0.05) is 97.8 Å². The molecule has 3 heteroatoms. The van der Waals surface area contributed by atoms with Crippen LogP contribution in [-0.4, -0.2) is 17.7 Å². The second-order valence-electron chi connectivity index (χ2n) is 9.41. The van der Waals surface area contributed by atoms with Gasteiger partial charge in [0.15, 0.2) is 0 Å². The van der Waals surface area contributed by atoms with Crippen LogP contribution in [0.25, 0.3) is 0 Å². The van der Waals surface area contributed by atoms with Gasteiger partial charge in [-0.2, -0.15) is 0 Å². The Balaban J connectivity index is 2.74. The molecule has 1 N–H and O–H groups in total. The highest BCUT2D eigenvalue weighted by atomic mass is 16.5. The Kier molecular flexibility index (Phi) is 15.2. The molecule has 0 fully saturated rings. The van der Waals surface area contributed by atoms with Gasteiger partial charge in [0, 0.05) is 0 Å². The van der Waals surface area contributed by atoms with Gasteiger partial charge in [0.05, 0.1) is 12.2 Å². The molecule has 0 atom stereocenters. The van der Waals surface area contributed by atoms with Crippen LogP contribution < -0.4 is 4.74 Å². The number of hydrogen-bond donors (Lipinski definition) is 1. The zero-order valence-electron chi connectivity index (χ0n) is 21.8. The highest BCUT2D eigenvalue weighted by Gasteiger charge is 2.23. The van der Waals surface area contributed by atoms with Crippen molar-refractivity contribution in [3.05, 3.63) is 27.8 Å². The number of carbonyl (C=O) groups is 1. The van der Waals surface area contributed by atoms with Crippen molar-refractivity contribution >= 4 is 5.97 Å². The number of carboxylic acids is 1. The quantitative estimate of drug-likeness (QED) is 0.216. The monoisotopic (exact) mass is 446 g/mol. The molecule has 184 valence electrons. The van der Waals surface area contributed by atoms with Gasteiger partial charge in [-0.3, -0.25) is 0 Å². The summed E-state index contributed by atoms with van der Waals surface area (Å²) < 4.78 is 6.24. The summed E-state index contributed by atoms with van der Waals surface area (Å²) in [6.07, 6.45) is 19.2. The van der Waals surface area contributed by atoms with Crippen LogP contribution >= 0.6 is 0 Å². The van der Waals surface area contributed by atoms with Crippen LogP contribution in [0.2, 0.25) is 0 Å². The normalized spacial score (nSPS) is 11.2. The molecule has 1 rings (SSSR count). The number of aromatic carboxylic acids is 1. The average molecular weight is 447 g/mol. The topological polar surface area (TPSA) is 46.5 Å². The van der Waals surface area contributed by atoms with E-state index in [1.807, 2.05) is 6.92 Å². The minimum Gasteiger partial charge on any atom is -0.493 e.